The van der Waals surface area contributed by atoms with Gasteiger partial charge in [0.25, 0.3) is 0 Å². The first-order valence-electron chi connectivity index (χ1n) is 8.19. The van der Waals surface area contributed by atoms with Crippen LogP contribution >= 0.6 is 0 Å². The molecule has 138 valence electrons. The Kier molecular flexibility index (Phi) is 5.43. The first-order valence-corrected chi connectivity index (χ1v) is 9.73. The van der Waals surface area contributed by atoms with Crippen LogP contribution in [0.3, 0.4) is 0 Å². The zero-order chi connectivity index (χ0) is 18.6. The van der Waals surface area contributed by atoms with Crippen LogP contribution in [0.1, 0.15) is 17.5 Å². The van der Waals surface area contributed by atoms with Gasteiger partial charge in [0.15, 0.2) is 11.5 Å². The summed E-state index contributed by atoms with van der Waals surface area (Å²) in [5.41, 5.74) is 1.80. The van der Waals surface area contributed by atoms with Gasteiger partial charge in [-0.3, -0.25) is 4.79 Å². The number of nitrogens with one attached hydrogen (secondary N) is 1. The maximum Gasteiger partial charge on any atom is 0.238 e. The van der Waals surface area contributed by atoms with Crippen molar-refractivity contribution >= 4 is 15.9 Å². The molecule has 0 radical (unpaired) electrons. The van der Waals surface area contributed by atoms with E-state index in [4.69, 9.17) is 14.6 Å². The van der Waals surface area contributed by atoms with Gasteiger partial charge in [-0.05, 0) is 41.8 Å². The number of carbonyl (C=O) groups is 1. The first-order chi connectivity index (χ1) is 12.4. The average Bonchev–Trinajstić information content (AvgIpc) is 2.64. The fourth-order valence-electron chi connectivity index (χ4n) is 2.59. The Balaban J connectivity index is 1.48. The minimum Gasteiger partial charge on any atom is -0.486 e. The number of hydrogen-bond acceptors (Lipinski definition) is 5. The van der Waals surface area contributed by atoms with E-state index in [1.54, 1.807) is 12.1 Å². The molecule has 0 spiro atoms. The van der Waals surface area contributed by atoms with Gasteiger partial charge in [-0.2, -0.15) is 0 Å². The zero-order valence-electron chi connectivity index (χ0n) is 14.1. The van der Waals surface area contributed by atoms with Gasteiger partial charge in [-0.1, -0.05) is 18.2 Å². The van der Waals surface area contributed by atoms with Gasteiger partial charge in [-0.15, -0.1) is 0 Å². The van der Waals surface area contributed by atoms with E-state index in [-0.39, 0.29) is 10.8 Å². The number of hydrogen-bond donors (Lipinski definition) is 2. The standard InChI is InChI=1S/C18H20N2O5S/c19-26(22,23)15-5-1-14(2-6-15)12-20-18(21)8-4-13-3-7-16-17(11-13)25-10-9-24-16/h1-3,5-7,11H,4,8-10,12H2,(H,20,21)(H2,19,22,23). The van der Waals surface area contributed by atoms with E-state index in [1.807, 2.05) is 18.2 Å². The minimum atomic E-state index is -3.70. The third-order valence-corrected chi connectivity index (χ3v) is 4.92. The van der Waals surface area contributed by atoms with Crippen molar-refractivity contribution < 1.29 is 22.7 Å². The first kappa shape index (κ1) is 18.2. The molecule has 0 atom stereocenters. The molecule has 1 aliphatic heterocycles. The number of carbonyl (C=O) groups excluding carboxylic acids is 1. The fourth-order valence-corrected chi connectivity index (χ4v) is 3.10. The predicted octanol–water partition coefficient (Wildman–Crippen LogP) is 1.35. The Bertz CT molecular complexity index is 894. The molecule has 26 heavy (non-hydrogen) atoms. The predicted molar refractivity (Wildman–Crippen MR) is 95.4 cm³/mol. The van der Waals surface area contributed by atoms with Crippen molar-refractivity contribution in [2.45, 2.75) is 24.3 Å². The van der Waals surface area contributed by atoms with Crippen LogP contribution in [0.5, 0.6) is 11.5 Å². The number of ether oxygens (including phenoxy) is 2. The van der Waals surface area contributed by atoms with Gasteiger partial charge >= 0.3 is 0 Å². The quantitative estimate of drug-likeness (QED) is 0.791. The number of benzene rings is 2. The van der Waals surface area contributed by atoms with Crippen molar-refractivity contribution in [1.29, 1.82) is 0 Å². The molecule has 1 amide bonds. The summed E-state index contributed by atoms with van der Waals surface area (Å²) in [6.07, 6.45) is 0.932. The van der Waals surface area contributed by atoms with Crippen LogP contribution in [0.4, 0.5) is 0 Å². The average molecular weight is 376 g/mol. The molecule has 2 aromatic rings. The molecule has 1 heterocycles. The van der Waals surface area contributed by atoms with Crippen molar-refractivity contribution in [3.8, 4) is 11.5 Å². The second kappa shape index (κ2) is 7.76. The topological polar surface area (TPSA) is 108 Å². The molecular weight excluding hydrogens is 356 g/mol. The third-order valence-electron chi connectivity index (χ3n) is 3.99. The number of fused-ring (bicyclic) bond motifs is 1. The highest BCUT2D eigenvalue weighted by Crippen LogP contribution is 2.31. The monoisotopic (exact) mass is 376 g/mol. The maximum atomic E-state index is 12.0. The molecular formula is C18H20N2O5S. The van der Waals surface area contributed by atoms with Gasteiger partial charge in [0.1, 0.15) is 13.2 Å². The Morgan fingerprint density at radius 1 is 1.00 bits per heavy atom. The summed E-state index contributed by atoms with van der Waals surface area (Å²) in [6.45, 7) is 1.40. The Hall–Kier alpha value is -2.58. The number of nitrogens with two attached hydrogens (primary N) is 1. The van der Waals surface area contributed by atoms with Gasteiger partial charge < -0.3 is 14.8 Å². The molecule has 3 rings (SSSR count). The highest BCUT2D eigenvalue weighted by Gasteiger charge is 2.12. The Morgan fingerprint density at radius 2 is 1.65 bits per heavy atom. The molecule has 0 unspecified atom stereocenters. The van der Waals surface area contributed by atoms with Crippen LogP contribution in [-0.2, 0) is 27.8 Å². The van der Waals surface area contributed by atoms with E-state index in [0.717, 1.165) is 16.9 Å². The lowest BCUT2D eigenvalue weighted by atomic mass is 10.1. The van der Waals surface area contributed by atoms with Crippen molar-refractivity contribution in [2.24, 2.45) is 5.14 Å². The number of primary sulfonamides is 1. The largest absolute Gasteiger partial charge is 0.486 e. The Labute approximate surface area is 152 Å². The SMILES string of the molecule is NS(=O)(=O)c1ccc(CNC(=O)CCc2ccc3c(c2)OCCO3)cc1. The lowest BCUT2D eigenvalue weighted by Crippen LogP contribution is -2.23. The summed E-state index contributed by atoms with van der Waals surface area (Å²) in [7, 11) is -3.70. The van der Waals surface area contributed by atoms with E-state index < -0.39 is 10.0 Å². The van der Waals surface area contributed by atoms with E-state index in [2.05, 4.69) is 5.32 Å². The van der Waals surface area contributed by atoms with Crippen LogP contribution in [0.25, 0.3) is 0 Å². The minimum absolute atomic E-state index is 0.0474. The van der Waals surface area contributed by atoms with E-state index in [1.165, 1.54) is 12.1 Å². The van der Waals surface area contributed by atoms with Gasteiger partial charge in [0.2, 0.25) is 15.9 Å². The normalized spacial score (nSPS) is 13.3. The highest BCUT2D eigenvalue weighted by molar-refractivity contribution is 7.89. The molecule has 0 fully saturated rings. The zero-order valence-corrected chi connectivity index (χ0v) is 14.9. The van der Waals surface area contributed by atoms with Crippen molar-refractivity contribution in [2.75, 3.05) is 13.2 Å². The highest BCUT2D eigenvalue weighted by atomic mass is 32.2. The summed E-state index contributed by atoms with van der Waals surface area (Å²) in [5.74, 6) is 1.35. The molecule has 8 heteroatoms. The summed E-state index contributed by atoms with van der Waals surface area (Å²) < 4.78 is 33.4. The molecule has 0 saturated carbocycles. The lowest BCUT2D eigenvalue weighted by molar-refractivity contribution is -0.121. The molecule has 0 aliphatic carbocycles. The smallest absolute Gasteiger partial charge is 0.238 e. The molecule has 0 bridgehead atoms. The maximum absolute atomic E-state index is 12.0. The van der Waals surface area contributed by atoms with E-state index in [0.29, 0.717) is 38.3 Å². The summed E-state index contributed by atoms with van der Waals surface area (Å²) in [5, 5.41) is 7.87. The van der Waals surface area contributed by atoms with Gasteiger partial charge in [-0.25, -0.2) is 13.6 Å². The summed E-state index contributed by atoms with van der Waals surface area (Å²) in [4.78, 5) is 12.1. The second-order valence-corrected chi connectivity index (χ2v) is 7.51. The van der Waals surface area contributed by atoms with E-state index in [9.17, 15) is 13.2 Å². The van der Waals surface area contributed by atoms with E-state index >= 15 is 0 Å². The number of rotatable bonds is 6. The van der Waals surface area contributed by atoms with Crippen molar-refractivity contribution in [3.63, 3.8) is 0 Å². The van der Waals surface area contributed by atoms with Crippen molar-refractivity contribution in [1.82, 2.24) is 5.32 Å². The molecule has 0 saturated heterocycles. The second-order valence-electron chi connectivity index (χ2n) is 5.94. The Morgan fingerprint density at radius 3 is 2.35 bits per heavy atom. The summed E-state index contributed by atoms with van der Waals surface area (Å²) >= 11 is 0. The lowest BCUT2D eigenvalue weighted by Gasteiger charge is -2.18. The number of amides is 1. The molecule has 0 aromatic heterocycles. The van der Waals surface area contributed by atoms with Crippen molar-refractivity contribution in [3.05, 3.63) is 53.6 Å². The fraction of sp³-hybridized carbons (Fsp3) is 0.278. The number of aryl methyl sites for hydroxylation is 1. The summed E-state index contributed by atoms with van der Waals surface area (Å²) in [6, 6.07) is 11.8. The van der Waals surface area contributed by atoms with Gasteiger partial charge in [0, 0.05) is 13.0 Å². The third kappa shape index (κ3) is 4.74. The van der Waals surface area contributed by atoms with Crippen LogP contribution in [0.15, 0.2) is 47.4 Å². The van der Waals surface area contributed by atoms with Crippen LogP contribution in [0, 0.1) is 0 Å². The molecule has 2 aromatic carbocycles. The van der Waals surface area contributed by atoms with Crippen LogP contribution in [0.2, 0.25) is 0 Å². The molecule has 7 nitrogen and oxygen atoms in total. The number of sulfonamides is 1. The van der Waals surface area contributed by atoms with Crippen LogP contribution < -0.4 is 19.9 Å². The van der Waals surface area contributed by atoms with Crippen LogP contribution in [-0.4, -0.2) is 27.5 Å². The molecule has 1 aliphatic rings. The molecule has 3 N–H and O–H groups in total. The van der Waals surface area contributed by atoms with Gasteiger partial charge in [0.05, 0.1) is 4.90 Å².